The Morgan fingerprint density at radius 3 is 2.73 bits per heavy atom. The van der Waals surface area contributed by atoms with Gasteiger partial charge < -0.3 is 15.1 Å². The molecule has 0 bridgehead atoms. The topological polar surface area (TPSA) is 91.7 Å². The van der Waals surface area contributed by atoms with E-state index in [0.717, 1.165) is 17.0 Å². The van der Waals surface area contributed by atoms with Crippen LogP contribution in [0.5, 0.6) is 0 Å². The molecule has 1 saturated heterocycles. The van der Waals surface area contributed by atoms with Crippen LogP contribution in [0.2, 0.25) is 0 Å². The van der Waals surface area contributed by atoms with Crippen LogP contribution in [0.25, 0.3) is 0 Å². The average Bonchev–Trinajstić information content (AvgIpc) is 3.20. The number of furan rings is 1. The van der Waals surface area contributed by atoms with E-state index in [9.17, 15) is 23.2 Å². The summed E-state index contributed by atoms with van der Waals surface area (Å²) in [4.78, 5) is 37.1. The minimum absolute atomic E-state index is 0.00915. The average molecular weight is 363 g/mol. The Balaban J connectivity index is 1.52. The number of urea groups is 1. The van der Waals surface area contributed by atoms with Crippen molar-refractivity contribution in [3.8, 4) is 0 Å². The highest BCUT2D eigenvalue weighted by atomic mass is 19.2. The summed E-state index contributed by atoms with van der Waals surface area (Å²) in [6.07, 6.45) is 1.44. The summed E-state index contributed by atoms with van der Waals surface area (Å²) in [5.74, 6) is -2.56. The van der Waals surface area contributed by atoms with E-state index in [4.69, 9.17) is 4.42 Å². The molecule has 1 fully saturated rings. The molecule has 7 nitrogen and oxygen atoms in total. The van der Waals surface area contributed by atoms with Gasteiger partial charge in [0.2, 0.25) is 5.91 Å². The summed E-state index contributed by atoms with van der Waals surface area (Å²) in [6.45, 7) is 0.00915. The van der Waals surface area contributed by atoms with Gasteiger partial charge in [0.15, 0.2) is 11.6 Å². The number of carbonyl (C=O) groups excluding carboxylic acids is 3. The van der Waals surface area contributed by atoms with Crippen LogP contribution in [0.1, 0.15) is 18.6 Å². The van der Waals surface area contributed by atoms with Gasteiger partial charge in [0, 0.05) is 18.2 Å². The van der Waals surface area contributed by atoms with E-state index >= 15 is 0 Å². The van der Waals surface area contributed by atoms with E-state index in [1.165, 1.54) is 12.3 Å². The Labute approximate surface area is 147 Å². The van der Waals surface area contributed by atoms with Gasteiger partial charge in [-0.3, -0.25) is 14.5 Å². The molecule has 4 amide bonds. The number of halogens is 2. The van der Waals surface area contributed by atoms with Crippen LogP contribution in [0.3, 0.4) is 0 Å². The van der Waals surface area contributed by atoms with E-state index < -0.39 is 35.5 Å². The Bertz CT molecular complexity index is 839. The third-order valence-electron chi connectivity index (χ3n) is 3.86. The third-order valence-corrected chi connectivity index (χ3v) is 3.86. The lowest BCUT2D eigenvalue weighted by Crippen LogP contribution is -2.31. The van der Waals surface area contributed by atoms with Gasteiger partial charge in [-0.25, -0.2) is 13.6 Å². The first kappa shape index (κ1) is 17.6. The smallest absolute Gasteiger partial charge is 0.325 e. The molecule has 1 aliphatic heterocycles. The van der Waals surface area contributed by atoms with Crippen molar-refractivity contribution in [3.63, 3.8) is 0 Å². The first-order valence-electron chi connectivity index (χ1n) is 7.83. The van der Waals surface area contributed by atoms with Crippen molar-refractivity contribution in [1.82, 2.24) is 10.2 Å². The quantitative estimate of drug-likeness (QED) is 0.771. The number of benzene rings is 1. The van der Waals surface area contributed by atoms with Gasteiger partial charge in [0.25, 0.3) is 5.91 Å². The van der Waals surface area contributed by atoms with E-state index in [0.29, 0.717) is 5.76 Å². The fourth-order valence-electron chi connectivity index (χ4n) is 2.55. The zero-order chi connectivity index (χ0) is 18.7. The highest BCUT2D eigenvalue weighted by Gasteiger charge is 2.38. The Kier molecular flexibility index (Phi) is 4.97. The molecule has 1 atom stereocenters. The van der Waals surface area contributed by atoms with Crippen molar-refractivity contribution in [3.05, 3.63) is 54.0 Å². The number of rotatable bonds is 6. The lowest BCUT2D eigenvalue weighted by atomic mass is 10.1. The van der Waals surface area contributed by atoms with Crippen LogP contribution in [0.15, 0.2) is 41.0 Å². The molecule has 2 N–H and O–H groups in total. The summed E-state index contributed by atoms with van der Waals surface area (Å²) in [5, 5.41) is 4.92. The lowest BCUT2D eigenvalue weighted by Gasteiger charge is -2.11. The fourth-order valence-corrected chi connectivity index (χ4v) is 2.55. The van der Waals surface area contributed by atoms with Gasteiger partial charge in [-0.05, 0) is 30.7 Å². The molecule has 26 heavy (non-hydrogen) atoms. The predicted octanol–water partition coefficient (Wildman–Crippen LogP) is 2.40. The molecule has 1 unspecified atom stereocenters. The Hall–Kier alpha value is -3.23. The van der Waals surface area contributed by atoms with Crippen molar-refractivity contribution >= 4 is 23.5 Å². The van der Waals surface area contributed by atoms with E-state index in [1.807, 2.05) is 0 Å². The number of hydrogen-bond donors (Lipinski definition) is 2. The van der Waals surface area contributed by atoms with E-state index in [2.05, 4.69) is 10.6 Å². The van der Waals surface area contributed by atoms with Gasteiger partial charge in [-0.2, -0.15) is 0 Å². The molecule has 2 aromatic rings. The number of nitrogens with zero attached hydrogens (tertiary/aromatic N) is 1. The minimum atomic E-state index is -1.07. The zero-order valence-electron chi connectivity index (χ0n) is 13.5. The highest BCUT2D eigenvalue weighted by molar-refractivity contribution is 6.04. The molecule has 1 aliphatic rings. The molecule has 136 valence electrons. The third kappa shape index (κ3) is 3.88. The second-order valence-electron chi connectivity index (χ2n) is 5.72. The molecule has 0 radical (unpaired) electrons. The second-order valence-corrected chi connectivity index (χ2v) is 5.72. The number of amides is 4. The van der Waals surface area contributed by atoms with Crippen LogP contribution >= 0.6 is 0 Å². The van der Waals surface area contributed by atoms with E-state index in [-0.39, 0.29) is 25.1 Å². The summed E-state index contributed by atoms with van der Waals surface area (Å²) >= 11 is 0. The number of hydrogen-bond acceptors (Lipinski definition) is 4. The highest BCUT2D eigenvalue weighted by Crippen LogP contribution is 2.17. The summed E-state index contributed by atoms with van der Waals surface area (Å²) in [5.41, 5.74) is 0.107. The second kappa shape index (κ2) is 7.34. The van der Waals surface area contributed by atoms with Crippen molar-refractivity contribution in [2.45, 2.75) is 25.4 Å². The van der Waals surface area contributed by atoms with Crippen LogP contribution in [0.4, 0.5) is 19.3 Å². The largest absolute Gasteiger partial charge is 0.467 e. The van der Waals surface area contributed by atoms with Crippen LogP contribution in [0, 0.1) is 11.6 Å². The van der Waals surface area contributed by atoms with Crippen LogP contribution < -0.4 is 10.6 Å². The van der Waals surface area contributed by atoms with Gasteiger partial charge in [0.05, 0.1) is 12.8 Å². The van der Waals surface area contributed by atoms with E-state index in [1.54, 1.807) is 12.1 Å². The molecule has 2 heterocycles. The lowest BCUT2D eigenvalue weighted by molar-refractivity contribution is -0.128. The Morgan fingerprint density at radius 1 is 1.23 bits per heavy atom. The van der Waals surface area contributed by atoms with Gasteiger partial charge in [-0.1, -0.05) is 0 Å². The molecule has 9 heteroatoms. The fraction of sp³-hybridized carbons (Fsp3) is 0.235. The molecule has 1 aromatic heterocycles. The Morgan fingerprint density at radius 2 is 2.04 bits per heavy atom. The zero-order valence-corrected chi connectivity index (χ0v) is 13.5. The van der Waals surface area contributed by atoms with Gasteiger partial charge in [0.1, 0.15) is 11.8 Å². The summed E-state index contributed by atoms with van der Waals surface area (Å²) < 4.78 is 31.1. The van der Waals surface area contributed by atoms with Crippen LogP contribution in [-0.2, 0) is 16.1 Å². The maximum atomic E-state index is 13.1. The van der Waals surface area contributed by atoms with Crippen molar-refractivity contribution in [2.75, 3.05) is 5.32 Å². The maximum absolute atomic E-state index is 13.1. The SMILES string of the molecule is O=C(CCC1NC(=O)N(Cc2ccco2)C1=O)Nc1ccc(F)c(F)c1. The predicted molar refractivity (Wildman–Crippen MR) is 85.8 cm³/mol. The van der Waals surface area contributed by atoms with Crippen LogP contribution in [-0.4, -0.2) is 28.8 Å². The molecular weight excluding hydrogens is 348 g/mol. The monoisotopic (exact) mass is 363 g/mol. The molecule has 0 spiro atoms. The number of carbonyl (C=O) groups is 3. The van der Waals surface area contributed by atoms with Gasteiger partial charge >= 0.3 is 6.03 Å². The molecular formula is C17H15F2N3O4. The molecule has 1 aromatic carbocycles. The van der Waals surface area contributed by atoms with Crippen molar-refractivity contribution in [1.29, 1.82) is 0 Å². The molecule has 0 saturated carbocycles. The summed E-state index contributed by atoms with van der Waals surface area (Å²) in [7, 11) is 0. The number of nitrogens with one attached hydrogen (secondary N) is 2. The normalized spacial score (nSPS) is 16.7. The standard InChI is InChI=1S/C17H15F2N3O4/c18-12-4-3-10(8-13(12)19)20-15(23)6-5-14-16(24)22(17(25)21-14)9-11-2-1-7-26-11/h1-4,7-8,14H,5-6,9H2,(H,20,23)(H,21,25). The number of imide groups is 1. The van der Waals surface area contributed by atoms with Crippen molar-refractivity contribution < 1.29 is 27.6 Å². The number of anilines is 1. The first-order chi connectivity index (χ1) is 12.4. The van der Waals surface area contributed by atoms with Gasteiger partial charge in [-0.15, -0.1) is 0 Å². The van der Waals surface area contributed by atoms with Crippen molar-refractivity contribution in [2.24, 2.45) is 0 Å². The minimum Gasteiger partial charge on any atom is -0.467 e. The molecule has 0 aliphatic carbocycles. The first-order valence-corrected chi connectivity index (χ1v) is 7.83. The maximum Gasteiger partial charge on any atom is 0.325 e. The molecule has 3 rings (SSSR count). The summed E-state index contributed by atoms with van der Waals surface area (Å²) in [6, 6.07) is 4.89.